The lowest BCUT2D eigenvalue weighted by molar-refractivity contribution is 0.463. The van der Waals surface area contributed by atoms with E-state index in [9.17, 15) is 0 Å². The van der Waals surface area contributed by atoms with Crippen LogP contribution < -0.4 is 15.4 Å². The van der Waals surface area contributed by atoms with E-state index in [1.54, 1.807) is 12.1 Å². The van der Waals surface area contributed by atoms with Crippen LogP contribution in [0.5, 0.6) is 11.6 Å². The molecular weight excluding hydrogens is 348 g/mol. The average molecular weight is 367 g/mol. The Hall–Kier alpha value is -2.79. The molecule has 1 aliphatic heterocycles. The predicted octanol–water partition coefficient (Wildman–Crippen LogP) is 4.38. The van der Waals surface area contributed by atoms with Gasteiger partial charge in [-0.15, -0.1) is 0 Å². The highest BCUT2D eigenvalue weighted by molar-refractivity contribution is 6.31. The number of aromatic nitrogens is 2. The van der Waals surface area contributed by atoms with Gasteiger partial charge in [0, 0.05) is 18.1 Å². The van der Waals surface area contributed by atoms with Gasteiger partial charge in [0.25, 0.3) is 0 Å². The van der Waals surface area contributed by atoms with Crippen molar-refractivity contribution in [2.45, 2.75) is 19.9 Å². The topological polar surface area (TPSA) is 64.3 Å². The quantitative estimate of drug-likeness (QED) is 0.745. The summed E-state index contributed by atoms with van der Waals surface area (Å²) in [5.41, 5.74) is 10.4. The summed E-state index contributed by atoms with van der Waals surface area (Å²) in [6.45, 7) is 3.56. The van der Waals surface area contributed by atoms with Gasteiger partial charge in [0.15, 0.2) is 5.82 Å². The highest BCUT2D eigenvalue weighted by Gasteiger charge is 2.21. The fourth-order valence-electron chi connectivity index (χ4n) is 3.17. The number of nitrogens with two attached hydrogens (primary N) is 1. The van der Waals surface area contributed by atoms with E-state index in [1.165, 1.54) is 17.5 Å². The van der Waals surface area contributed by atoms with Crippen LogP contribution in [-0.4, -0.2) is 16.5 Å². The molecule has 2 heterocycles. The monoisotopic (exact) mass is 366 g/mol. The molecule has 0 spiro atoms. The third kappa shape index (κ3) is 3.18. The second kappa shape index (κ2) is 6.84. The summed E-state index contributed by atoms with van der Waals surface area (Å²) in [6.07, 6.45) is 2.45. The van der Waals surface area contributed by atoms with Crippen molar-refractivity contribution in [1.82, 2.24) is 9.97 Å². The maximum Gasteiger partial charge on any atom is 0.248 e. The second-order valence-corrected chi connectivity index (χ2v) is 6.78. The number of rotatable bonds is 3. The normalized spacial score (nSPS) is 13.4. The number of nitrogens with zero attached hydrogens (tertiary/aromatic N) is 3. The van der Waals surface area contributed by atoms with Crippen molar-refractivity contribution < 1.29 is 4.74 Å². The first-order valence-electron chi connectivity index (χ1n) is 8.48. The first-order chi connectivity index (χ1) is 12.6. The van der Waals surface area contributed by atoms with Crippen molar-refractivity contribution in [2.24, 2.45) is 0 Å². The van der Waals surface area contributed by atoms with Gasteiger partial charge in [0.05, 0.1) is 0 Å². The Morgan fingerprint density at radius 3 is 2.73 bits per heavy atom. The molecule has 6 heteroatoms. The van der Waals surface area contributed by atoms with E-state index in [4.69, 9.17) is 22.1 Å². The predicted molar refractivity (Wildman–Crippen MR) is 104 cm³/mol. The Labute approximate surface area is 157 Å². The number of halogens is 1. The van der Waals surface area contributed by atoms with Crippen molar-refractivity contribution >= 4 is 23.1 Å². The van der Waals surface area contributed by atoms with Gasteiger partial charge in [-0.05, 0) is 48.2 Å². The van der Waals surface area contributed by atoms with Crippen molar-refractivity contribution in [3.63, 3.8) is 0 Å². The zero-order chi connectivity index (χ0) is 18.1. The van der Waals surface area contributed by atoms with Gasteiger partial charge in [0.2, 0.25) is 5.88 Å². The van der Waals surface area contributed by atoms with E-state index in [0.717, 1.165) is 25.1 Å². The summed E-state index contributed by atoms with van der Waals surface area (Å²) in [5, 5.41) is 0.695. The summed E-state index contributed by atoms with van der Waals surface area (Å²) < 4.78 is 5.88. The molecule has 0 radical (unpaired) electrons. The second-order valence-electron chi connectivity index (χ2n) is 6.37. The fourth-order valence-corrected chi connectivity index (χ4v) is 3.29. The summed E-state index contributed by atoms with van der Waals surface area (Å²) in [6, 6.07) is 13.9. The van der Waals surface area contributed by atoms with Crippen molar-refractivity contribution in [3.8, 4) is 11.6 Å². The number of aryl methyl sites for hydroxylation is 1. The van der Waals surface area contributed by atoms with E-state index in [1.807, 2.05) is 13.0 Å². The van der Waals surface area contributed by atoms with Crippen LogP contribution in [0.2, 0.25) is 5.02 Å². The molecule has 0 aliphatic carbocycles. The van der Waals surface area contributed by atoms with Gasteiger partial charge in [-0.2, -0.15) is 4.98 Å². The Balaban J connectivity index is 1.61. The largest absolute Gasteiger partial charge is 0.437 e. The zero-order valence-electron chi connectivity index (χ0n) is 14.4. The number of ether oxygens (including phenoxy) is 1. The lowest BCUT2D eigenvalue weighted by Gasteiger charge is -2.30. The number of hydrogen-bond acceptors (Lipinski definition) is 5. The molecule has 0 saturated heterocycles. The Bertz CT molecular complexity index is 960. The molecule has 0 atom stereocenters. The highest BCUT2D eigenvalue weighted by Crippen LogP contribution is 2.34. The standard InChI is InChI=1S/C20H19ClN4O/c1-13-10-16(6-7-17(13)21)26-20-18(22)19(23-12-24-20)25-9-8-14-4-2-3-5-15(14)11-25/h2-7,10,12H,8-9,11,22H2,1H3. The maximum absolute atomic E-state index is 6.33. The molecule has 1 aliphatic rings. The minimum Gasteiger partial charge on any atom is -0.437 e. The van der Waals surface area contributed by atoms with Crippen LogP contribution >= 0.6 is 11.6 Å². The molecule has 0 fully saturated rings. The molecule has 0 amide bonds. The molecule has 2 N–H and O–H groups in total. The molecule has 2 aromatic carbocycles. The first-order valence-corrected chi connectivity index (χ1v) is 8.86. The van der Waals surface area contributed by atoms with Crippen LogP contribution in [-0.2, 0) is 13.0 Å². The van der Waals surface area contributed by atoms with Gasteiger partial charge < -0.3 is 15.4 Å². The van der Waals surface area contributed by atoms with E-state index < -0.39 is 0 Å². The Kier molecular flexibility index (Phi) is 4.39. The van der Waals surface area contributed by atoms with E-state index in [2.05, 4.69) is 39.1 Å². The van der Waals surface area contributed by atoms with E-state index >= 15 is 0 Å². The number of fused-ring (bicyclic) bond motifs is 1. The van der Waals surface area contributed by atoms with Crippen molar-refractivity contribution in [1.29, 1.82) is 0 Å². The van der Waals surface area contributed by atoms with Crippen LogP contribution in [0.1, 0.15) is 16.7 Å². The number of hydrogen-bond donors (Lipinski definition) is 1. The molecule has 26 heavy (non-hydrogen) atoms. The maximum atomic E-state index is 6.33. The Morgan fingerprint density at radius 1 is 1.12 bits per heavy atom. The zero-order valence-corrected chi connectivity index (χ0v) is 15.2. The van der Waals surface area contributed by atoms with E-state index in [-0.39, 0.29) is 0 Å². The van der Waals surface area contributed by atoms with Gasteiger partial charge in [-0.3, -0.25) is 0 Å². The van der Waals surface area contributed by atoms with Crippen LogP contribution in [0.4, 0.5) is 11.5 Å². The van der Waals surface area contributed by atoms with Gasteiger partial charge >= 0.3 is 0 Å². The van der Waals surface area contributed by atoms with Gasteiger partial charge in [-0.1, -0.05) is 35.9 Å². The molecule has 0 bridgehead atoms. The molecule has 3 aromatic rings. The Morgan fingerprint density at radius 2 is 1.92 bits per heavy atom. The highest BCUT2D eigenvalue weighted by atomic mass is 35.5. The summed E-state index contributed by atoms with van der Waals surface area (Å²) >= 11 is 6.07. The SMILES string of the molecule is Cc1cc(Oc2ncnc(N3CCc4ccccc4C3)c2N)ccc1Cl. The number of benzene rings is 2. The van der Waals surface area contributed by atoms with E-state index in [0.29, 0.717) is 28.2 Å². The number of nitrogen functional groups attached to an aromatic ring is 1. The number of anilines is 2. The van der Waals surface area contributed by atoms with Gasteiger partial charge in [0.1, 0.15) is 17.8 Å². The van der Waals surface area contributed by atoms with Crippen LogP contribution in [0.3, 0.4) is 0 Å². The minimum atomic E-state index is 0.357. The third-order valence-corrected chi connectivity index (χ3v) is 5.02. The summed E-state index contributed by atoms with van der Waals surface area (Å²) in [7, 11) is 0. The van der Waals surface area contributed by atoms with Crippen LogP contribution in [0.25, 0.3) is 0 Å². The fraction of sp³-hybridized carbons (Fsp3) is 0.200. The first kappa shape index (κ1) is 16.7. The van der Waals surface area contributed by atoms with Crippen LogP contribution in [0.15, 0.2) is 48.8 Å². The third-order valence-electron chi connectivity index (χ3n) is 4.60. The molecular formula is C20H19ClN4O. The smallest absolute Gasteiger partial charge is 0.248 e. The molecule has 132 valence electrons. The summed E-state index contributed by atoms with van der Waals surface area (Å²) in [4.78, 5) is 10.8. The minimum absolute atomic E-state index is 0.357. The summed E-state index contributed by atoms with van der Waals surface area (Å²) in [5.74, 6) is 1.71. The van der Waals surface area contributed by atoms with Gasteiger partial charge in [-0.25, -0.2) is 4.98 Å². The molecule has 0 unspecified atom stereocenters. The molecule has 0 saturated carbocycles. The molecule has 5 nitrogen and oxygen atoms in total. The molecule has 1 aromatic heterocycles. The lowest BCUT2D eigenvalue weighted by Crippen LogP contribution is -2.31. The average Bonchev–Trinajstić information content (AvgIpc) is 2.66. The molecule has 4 rings (SSSR count). The lowest BCUT2D eigenvalue weighted by atomic mass is 10.00. The van der Waals surface area contributed by atoms with Crippen LogP contribution in [0, 0.1) is 6.92 Å². The van der Waals surface area contributed by atoms with Crippen molar-refractivity contribution in [3.05, 3.63) is 70.5 Å². The van der Waals surface area contributed by atoms with Crippen molar-refractivity contribution in [2.75, 3.05) is 17.2 Å².